The zero-order chi connectivity index (χ0) is 13.8. The number of hydrogen-bond acceptors (Lipinski definition) is 4. The van der Waals surface area contributed by atoms with E-state index >= 15 is 0 Å². The number of rotatable bonds is 4. The van der Waals surface area contributed by atoms with E-state index in [-0.39, 0.29) is 24.4 Å². The number of carbonyl (C=O) groups is 1. The lowest BCUT2D eigenvalue weighted by Crippen LogP contribution is -2.34. The summed E-state index contributed by atoms with van der Waals surface area (Å²) in [7, 11) is 1.61. The minimum Gasteiger partial charge on any atom is -0.343 e. The van der Waals surface area contributed by atoms with Crippen LogP contribution < -0.4 is 5.56 Å². The molecule has 98 valence electrons. The maximum atomic E-state index is 12.0. The SMILES string of the molecule is CN(CCC#N)C(=O)Cn1ccn2nccc2c1=O. The number of amides is 1. The molecular formula is C12H13N5O2. The molecule has 0 bridgehead atoms. The lowest BCUT2D eigenvalue weighted by atomic mass is 10.4. The van der Waals surface area contributed by atoms with Crippen molar-refractivity contribution >= 4 is 11.4 Å². The van der Waals surface area contributed by atoms with Crippen LogP contribution in [0.15, 0.2) is 29.5 Å². The molecule has 7 nitrogen and oxygen atoms in total. The smallest absolute Gasteiger partial charge is 0.277 e. The fourth-order valence-electron chi connectivity index (χ4n) is 1.69. The Hall–Kier alpha value is -2.62. The van der Waals surface area contributed by atoms with E-state index in [1.54, 1.807) is 19.3 Å². The van der Waals surface area contributed by atoms with Crippen LogP contribution in [-0.4, -0.2) is 38.6 Å². The summed E-state index contributed by atoms with van der Waals surface area (Å²) in [5.74, 6) is -0.207. The van der Waals surface area contributed by atoms with Crippen molar-refractivity contribution in [2.45, 2.75) is 13.0 Å². The van der Waals surface area contributed by atoms with E-state index in [0.29, 0.717) is 12.1 Å². The standard InChI is InChI=1S/C12H13N5O2/c1-15(6-2-4-13)11(18)9-16-7-8-17-10(12(16)19)3-5-14-17/h3,5,7-8H,2,6,9H2,1H3. The van der Waals surface area contributed by atoms with Crippen molar-refractivity contribution < 1.29 is 4.79 Å². The first kappa shape index (κ1) is 12.8. The van der Waals surface area contributed by atoms with Crippen LogP contribution in [0.25, 0.3) is 5.52 Å². The van der Waals surface area contributed by atoms with Crippen LogP contribution in [-0.2, 0) is 11.3 Å². The highest BCUT2D eigenvalue weighted by Crippen LogP contribution is 1.96. The predicted octanol–water partition coefficient (Wildman–Crippen LogP) is -0.132. The molecule has 19 heavy (non-hydrogen) atoms. The van der Waals surface area contributed by atoms with Crippen LogP contribution in [0.4, 0.5) is 0 Å². The molecule has 2 rings (SSSR count). The molecule has 0 atom stereocenters. The number of nitrogens with zero attached hydrogens (tertiary/aromatic N) is 5. The van der Waals surface area contributed by atoms with Crippen LogP contribution in [0, 0.1) is 11.3 Å². The maximum absolute atomic E-state index is 12.0. The number of aromatic nitrogens is 3. The second-order valence-electron chi connectivity index (χ2n) is 4.12. The van der Waals surface area contributed by atoms with E-state index in [2.05, 4.69) is 5.10 Å². The summed E-state index contributed by atoms with van der Waals surface area (Å²) in [6.45, 7) is 0.321. The number of hydrogen-bond donors (Lipinski definition) is 0. The Balaban J connectivity index is 2.17. The van der Waals surface area contributed by atoms with Crippen LogP contribution in [0.5, 0.6) is 0 Å². The summed E-state index contributed by atoms with van der Waals surface area (Å²) in [5, 5.41) is 12.4. The molecule has 0 N–H and O–H groups in total. The molecule has 0 unspecified atom stereocenters. The fraction of sp³-hybridized carbons (Fsp3) is 0.333. The minimum absolute atomic E-state index is 0.0392. The fourth-order valence-corrected chi connectivity index (χ4v) is 1.69. The Kier molecular flexibility index (Phi) is 3.61. The summed E-state index contributed by atoms with van der Waals surface area (Å²) < 4.78 is 2.80. The molecule has 0 aliphatic heterocycles. The molecule has 0 saturated heterocycles. The lowest BCUT2D eigenvalue weighted by Gasteiger charge is -2.16. The van der Waals surface area contributed by atoms with Gasteiger partial charge in [-0.3, -0.25) is 9.59 Å². The minimum atomic E-state index is -0.262. The maximum Gasteiger partial charge on any atom is 0.277 e. The summed E-state index contributed by atoms with van der Waals surface area (Å²) in [5.41, 5.74) is 0.164. The van der Waals surface area contributed by atoms with E-state index in [9.17, 15) is 9.59 Å². The van der Waals surface area contributed by atoms with Gasteiger partial charge in [0.15, 0.2) is 0 Å². The van der Waals surface area contributed by atoms with Crippen LogP contribution in [0.2, 0.25) is 0 Å². The lowest BCUT2D eigenvalue weighted by molar-refractivity contribution is -0.130. The third-order valence-electron chi connectivity index (χ3n) is 2.83. The van der Waals surface area contributed by atoms with Gasteiger partial charge in [0, 0.05) is 26.0 Å². The quantitative estimate of drug-likeness (QED) is 0.765. The molecule has 0 saturated carbocycles. The van der Waals surface area contributed by atoms with Crippen molar-refractivity contribution in [1.82, 2.24) is 19.1 Å². The van der Waals surface area contributed by atoms with Gasteiger partial charge in [-0.15, -0.1) is 0 Å². The Morgan fingerprint density at radius 3 is 3.05 bits per heavy atom. The molecule has 2 aromatic rings. The predicted molar refractivity (Wildman–Crippen MR) is 67.3 cm³/mol. The number of nitriles is 1. The van der Waals surface area contributed by atoms with Gasteiger partial charge in [-0.2, -0.15) is 10.4 Å². The highest BCUT2D eigenvalue weighted by molar-refractivity contribution is 5.75. The summed E-state index contributed by atoms with van der Waals surface area (Å²) in [6.07, 6.45) is 4.96. The number of likely N-dealkylation sites (N-methyl/N-ethyl adjacent to an activating group) is 1. The van der Waals surface area contributed by atoms with E-state index in [4.69, 9.17) is 5.26 Å². The summed E-state index contributed by atoms with van der Waals surface area (Å²) >= 11 is 0. The number of carbonyl (C=O) groups excluding carboxylic acids is 1. The number of fused-ring (bicyclic) bond motifs is 1. The Morgan fingerprint density at radius 2 is 2.32 bits per heavy atom. The van der Waals surface area contributed by atoms with Gasteiger partial charge in [0.05, 0.1) is 18.7 Å². The second kappa shape index (κ2) is 5.35. The molecule has 2 heterocycles. The van der Waals surface area contributed by atoms with Gasteiger partial charge in [-0.05, 0) is 6.07 Å². The molecule has 0 aromatic carbocycles. The van der Waals surface area contributed by atoms with E-state index in [1.807, 2.05) is 6.07 Å². The van der Waals surface area contributed by atoms with Crippen molar-refractivity contribution in [3.05, 3.63) is 35.0 Å². The average molecular weight is 259 g/mol. The summed E-state index contributed by atoms with van der Waals surface area (Å²) in [4.78, 5) is 25.4. The van der Waals surface area contributed by atoms with Crippen molar-refractivity contribution in [3.8, 4) is 6.07 Å². The van der Waals surface area contributed by atoms with Crippen LogP contribution in [0.3, 0.4) is 0 Å². The van der Waals surface area contributed by atoms with Gasteiger partial charge in [-0.25, -0.2) is 4.52 Å². The molecule has 0 spiro atoms. The molecule has 1 amide bonds. The molecule has 0 radical (unpaired) electrons. The first-order chi connectivity index (χ1) is 9.13. The summed E-state index contributed by atoms with van der Waals surface area (Å²) in [6, 6.07) is 3.58. The monoisotopic (exact) mass is 259 g/mol. The van der Waals surface area contributed by atoms with Gasteiger partial charge in [-0.1, -0.05) is 0 Å². The van der Waals surface area contributed by atoms with E-state index < -0.39 is 0 Å². The van der Waals surface area contributed by atoms with Crippen LogP contribution >= 0.6 is 0 Å². The average Bonchev–Trinajstić information content (AvgIpc) is 2.88. The van der Waals surface area contributed by atoms with E-state index in [0.717, 1.165) is 0 Å². The molecule has 2 aromatic heterocycles. The van der Waals surface area contributed by atoms with Gasteiger partial charge in [0.25, 0.3) is 5.56 Å². The van der Waals surface area contributed by atoms with E-state index in [1.165, 1.54) is 26.4 Å². The second-order valence-corrected chi connectivity index (χ2v) is 4.12. The van der Waals surface area contributed by atoms with Crippen LogP contribution in [0.1, 0.15) is 6.42 Å². The van der Waals surface area contributed by atoms with Crippen molar-refractivity contribution in [1.29, 1.82) is 5.26 Å². The zero-order valence-electron chi connectivity index (χ0n) is 10.5. The molecule has 7 heteroatoms. The highest BCUT2D eigenvalue weighted by atomic mass is 16.2. The van der Waals surface area contributed by atoms with Crippen molar-refractivity contribution in [3.63, 3.8) is 0 Å². The zero-order valence-corrected chi connectivity index (χ0v) is 10.5. The molecule has 0 fully saturated rings. The third kappa shape index (κ3) is 2.63. The first-order valence-electron chi connectivity index (χ1n) is 5.77. The van der Waals surface area contributed by atoms with Gasteiger partial charge in [0.2, 0.25) is 5.91 Å². The molecule has 0 aliphatic rings. The largest absolute Gasteiger partial charge is 0.343 e. The van der Waals surface area contributed by atoms with Gasteiger partial charge < -0.3 is 9.47 Å². The molecule has 0 aliphatic carbocycles. The Labute approximate surface area is 109 Å². The van der Waals surface area contributed by atoms with Gasteiger partial charge in [0.1, 0.15) is 12.1 Å². The normalized spacial score (nSPS) is 10.3. The molecular weight excluding hydrogens is 246 g/mol. The highest BCUT2D eigenvalue weighted by Gasteiger charge is 2.11. The van der Waals surface area contributed by atoms with Crippen molar-refractivity contribution in [2.75, 3.05) is 13.6 Å². The van der Waals surface area contributed by atoms with Gasteiger partial charge >= 0.3 is 0 Å². The Morgan fingerprint density at radius 1 is 1.53 bits per heavy atom. The van der Waals surface area contributed by atoms with Crippen molar-refractivity contribution in [2.24, 2.45) is 0 Å². The Bertz CT molecular complexity index is 694. The first-order valence-corrected chi connectivity index (χ1v) is 5.77. The topological polar surface area (TPSA) is 83.4 Å². The third-order valence-corrected chi connectivity index (χ3v) is 2.83.